The second kappa shape index (κ2) is 6.67. The molecule has 1 saturated heterocycles. The summed E-state index contributed by atoms with van der Waals surface area (Å²) >= 11 is 0. The lowest BCUT2D eigenvalue weighted by atomic mass is 9.99. The molecule has 5 nitrogen and oxygen atoms in total. The quantitative estimate of drug-likeness (QED) is 0.886. The Balaban J connectivity index is 2.11. The first kappa shape index (κ1) is 15.4. The highest BCUT2D eigenvalue weighted by atomic mass is 32.2. The highest BCUT2D eigenvalue weighted by molar-refractivity contribution is 7.89. The maximum absolute atomic E-state index is 12.6. The van der Waals surface area contributed by atoms with E-state index in [0.717, 1.165) is 18.4 Å². The molecule has 1 aromatic carbocycles. The van der Waals surface area contributed by atoms with E-state index in [1.165, 1.54) is 0 Å². The highest BCUT2D eigenvalue weighted by Gasteiger charge is 2.29. The average Bonchev–Trinajstić information content (AvgIpc) is 2.48. The summed E-state index contributed by atoms with van der Waals surface area (Å²) in [5.41, 5.74) is 6.40. The molecule has 1 aliphatic rings. The Hall–Kier alpha value is -0.950. The van der Waals surface area contributed by atoms with Crippen molar-refractivity contribution in [2.75, 3.05) is 26.8 Å². The van der Waals surface area contributed by atoms with E-state index in [2.05, 4.69) is 0 Å². The Morgan fingerprint density at radius 1 is 1.35 bits per heavy atom. The van der Waals surface area contributed by atoms with Crippen LogP contribution in [0, 0.1) is 5.92 Å². The van der Waals surface area contributed by atoms with E-state index in [4.69, 9.17) is 10.5 Å². The van der Waals surface area contributed by atoms with Gasteiger partial charge in [-0.3, -0.25) is 0 Å². The van der Waals surface area contributed by atoms with Crippen LogP contribution >= 0.6 is 0 Å². The maximum atomic E-state index is 12.6. The lowest BCUT2D eigenvalue weighted by Crippen LogP contribution is -2.39. The summed E-state index contributed by atoms with van der Waals surface area (Å²) in [6.07, 6.45) is 1.70. The number of benzene rings is 1. The molecule has 1 heterocycles. The number of nitrogens with zero attached hydrogens (tertiary/aromatic N) is 1. The number of ether oxygens (including phenoxy) is 1. The van der Waals surface area contributed by atoms with Crippen LogP contribution in [0.5, 0.6) is 0 Å². The molecular formula is C14H22N2O3S. The predicted octanol–water partition coefficient (Wildman–Crippen LogP) is 1.19. The fraction of sp³-hybridized carbons (Fsp3) is 0.571. The van der Waals surface area contributed by atoms with E-state index in [-0.39, 0.29) is 0 Å². The van der Waals surface area contributed by atoms with Crippen LogP contribution in [0.25, 0.3) is 0 Å². The predicted molar refractivity (Wildman–Crippen MR) is 77.7 cm³/mol. The van der Waals surface area contributed by atoms with Gasteiger partial charge in [0, 0.05) is 33.4 Å². The fourth-order valence-electron chi connectivity index (χ4n) is 2.53. The van der Waals surface area contributed by atoms with Gasteiger partial charge >= 0.3 is 0 Å². The number of hydrogen-bond donors (Lipinski definition) is 1. The molecule has 1 fully saturated rings. The minimum absolute atomic E-state index is 0.339. The van der Waals surface area contributed by atoms with Gasteiger partial charge in [0.15, 0.2) is 0 Å². The monoisotopic (exact) mass is 298 g/mol. The minimum atomic E-state index is -3.40. The minimum Gasteiger partial charge on any atom is -0.384 e. The summed E-state index contributed by atoms with van der Waals surface area (Å²) in [6.45, 7) is 2.17. The van der Waals surface area contributed by atoms with Crippen molar-refractivity contribution in [2.45, 2.75) is 24.3 Å². The first-order chi connectivity index (χ1) is 9.57. The van der Waals surface area contributed by atoms with Gasteiger partial charge in [-0.15, -0.1) is 0 Å². The van der Waals surface area contributed by atoms with E-state index in [1.54, 1.807) is 29.6 Å². The third-order valence-electron chi connectivity index (χ3n) is 3.75. The molecule has 0 unspecified atom stereocenters. The van der Waals surface area contributed by atoms with E-state index in [9.17, 15) is 8.42 Å². The Morgan fingerprint density at radius 2 is 2.05 bits per heavy atom. The molecule has 20 heavy (non-hydrogen) atoms. The van der Waals surface area contributed by atoms with Gasteiger partial charge in [-0.2, -0.15) is 4.31 Å². The number of nitrogens with two attached hydrogens (primary N) is 1. The summed E-state index contributed by atoms with van der Waals surface area (Å²) < 4.78 is 31.8. The molecule has 1 aliphatic heterocycles. The van der Waals surface area contributed by atoms with Crippen molar-refractivity contribution in [1.82, 2.24) is 4.31 Å². The SMILES string of the molecule is COCC1CCN(S(=O)(=O)c2cccc(CN)c2)CC1. The molecule has 1 aromatic rings. The number of piperidine rings is 1. The van der Waals surface area contributed by atoms with Crippen molar-refractivity contribution in [3.63, 3.8) is 0 Å². The van der Waals surface area contributed by atoms with Gasteiger partial charge in [0.05, 0.1) is 4.90 Å². The molecule has 6 heteroatoms. The molecule has 0 atom stereocenters. The zero-order chi connectivity index (χ0) is 14.6. The number of rotatable bonds is 5. The third-order valence-corrected chi connectivity index (χ3v) is 5.64. The first-order valence-corrected chi connectivity index (χ1v) is 8.30. The standard InChI is InChI=1S/C14H22N2O3S/c1-19-11-12-5-7-16(8-6-12)20(17,18)14-4-2-3-13(9-14)10-15/h2-4,9,12H,5-8,10-11,15H2,1H3. The molecule has 2 rings (SSSR count). The van der Waals surface area contributed by atoms with Crippen molar-refractivity contribution in [1.29, 1.82) is 0 Å². The first-order valence-electron chi connectivity index (χ1n) is 6.86. The van der Waals surface area contributed by atoms with Crippen LogP contribution in [0.15, 0.2) is 29.2 Å². The smallest absolute Gasteiger partial charge is 0.243 e. The van der Waals surface area contributed by atoms with Crippen LogP contribution in [-0.2, 0) is 21.3 Å². The summed E-state index contributed by atoms with van der Waals surface area (Å²) in [6, 6.07) is 6.88. The third kappa shape index (κ3) is 3.38. The zero-order valence-electron chi connectivity index (χ0n) is 11.8. The zero-order valence-corrected chi connectivity index (χ0v) is 12.6. The van der Waals surface area contributed by atoms with Crippen molar-refractivity contribution in [3.05, 3.63) is 29.8 Å². The number of methoxy groups -OCH3 is 1. The van der Waals surface area contributed by atoms with E-state index in [0.29, 0.717) is 37.1 Å². The molecule has 0 radical (unpaired) electrons. The van der Waals surface area contributed by atoms with Gasteiger partial charge < -0.3 is 10.5 Å². The van der Waals surface area contributed by atoms with Gasteiger partial charge in [-0.05, 0) is 36.5 Å². The second-order valence-electron chi connectivity index (χ2n) is 5.15. The van der Waals surface area contributed by atoms with E-state index < -0.39 is 10.0 Å². The molecule has 0 aliphatic carbocycles. The van der Waals surface area contributed by atoms with Crippen molar-refractivity contribution in [2.24, 2.45) is 11.7 Å². The Labute approximate surface area is 120 Å². The molecule has 2 N–H and O–H groups in total. The Bertz CT molecular complexity index is 537. The van der Waals surface area contributed by atoms with Gasteiger partial charge in [0.1, 0.15) is 0 Å². The lowest BCUT2D eigenvalue weighted by Gasteiger charge is -2.30. The van der Waals surface area contributed by atoms with Crippen LogP contribution in [-0.4, -0.2) is 39.5 Å². The summed E-state index contributed by atoms with van der Waals surface area (Å²) in [5, 5.41) is 0. The summed E-state index contributed by atoms with van der Waals surface area (Å²) in [4.78, 5) is 0.339. The fourth-order valence-corrected chi connectivity index (χ4v) is 4.07. The van der Waals surface area contributed by atoms with Gasteiger partial charge in [-0.1, -0.05) is 12.1 Å². The molecular weight excluding hydrogens is 276 g/mol. The van der Waals surface area contributed by atoms with Crippen LogP contribution in [0.3, 0.4) is 0 Å². The van der Waals surface area contributed by atoms with Crippen molar-refractivity contribution < 1.29 is 13.2 Å². The average molecular weight is 298 g/mol. The van der Waals surface area contributed by atoms with E-state index in [1.807, 2.05) is 6.07 Å². The number of hydrogen-bond acceptors (Lipinski definition) is 4. The Morgan fingerprint density at radius 3 is 2.65 bits per heavy atom. The number of sulfonamides is 1. The Kier molecular flexibility index (Phi) is 5.15. The molecule has 0 amide bonds. The van der Waals surface area contributed by atoms with Gasteiger partial charge in [-0.25, -0.2) is 8.42 Å². The van der Waals surface area contributed by atoms with Crippen LogP contribution in [0.2, 0.25) is 0 Å². The molecule has 0 aromatic heterocycles. The van der Waals surface area contributed by atoms with Crippen molar-refractivity contribution >= 4 is 10.0 Å². The second-order valence-corrected chi connectivity index (χ2v) is 7.09. The topological polar surface area (TPSA) is 72.6 Å². The van der Waals surface area contributed by atoms with Crippen LogP contribution in [0.4, 0.5) is 0 Å². The molecule has 112 valence electrons. The molecule has 0 saturated carbocycles. The highest BCUT2D eigenvalue weighted by Crippen LogP contribution is 2.24. The molecule has 0 spiro atoms. The van der Waals surface area contributed by atoms with Crippen molar-refractivity contribution in [3.8, 4) is 0 Å². The van der Waals surface area contributed by atoms with Gasteiger partial charge in [0.25, 0.3) is 0 Å². The van der Waals surface area contributed by atoms with Gasteiger partial charge in [0.2, 0.25) is 10.0 Å². The summed E-state index contributed by atoms with van der Waals surface area (Å²) in [7, 11) is -1.71. The lowest BCUT2D eigenvalue weighted by molar-refractivity contribution is 0.121. The molecule has 0 bridgehead atoms. The maximum Gasteiger partial charge on any atom is 0.243 e. The van der Waals surface area contributed by atoms with Crippen LogP contribution in [0.1, 0.15) is 18.4 Å². The van der Waals surface area contributed by atoms with Crippen LogP contribution < -0.4 is 5.73 Å². The summed E-state index contributed by atoms with van der Waals surface area (Å²) in [5.74, 6) is 0.460. The largest absolute Gasteiger partial charge is 0.384 e. The van der Waals surface area contributed by atoms with E-state index >= 15 is 0 Å². The normalized spacial score (nSPS) is 18.3.